The Morgan fingerprint density at radius 2 is 1.95 bits per heavy atom. The molecule has 1 fully saturated rings. The maximum atomic E-state index is 12.4. The highest BCUT2D eigenvalue weighted by Gasteiger charge is 2.35. The SMILES string of the molecule is CN(C)c1cccc(C(=O)OC(C)(C)C2CC[NH2+]CC2)c1. The lowest BCUT2D eigenvalue weighted by Crippen LogP contribution is -2.86. The molecule has 0 aliphatic carbocycles. The zero-order chi connectivity index (χ0) is 15.5. The fourth-order valence-electron chi connectivity index (χ4n) is 2.91. The highest BCUT2D eigenvalue weighted by atomic mass is 16.6. The molecule has 2 N–H and O–H groups in total. The maximum absolute atomic E-state index is 12.4. The molecule has 116 valence electrons. The summed E-state index contributed by atoms with van der Waals surface area (Å²) < 4.78 is 5.83. The summed E-state index contributed by atoms with van der Waals surface area (Å²) in [6, 6.07) is 7.58. The highest BCUT2D eigenvalue weighted by molar-refractivity contribution is 5.90. The van der Waals surface area contributed by atoms with Crippen LogP contribution in [0.2, 0.25) is 0 Å². The van der Waals surface area contributed by atoms with Crippen LogP contribution in [-0.2, 0) is 4.74 Å². The Labute approximate surface area is 127 Å². The van der Waals surface area contributed by atoms with Gasteiger partial charge in [0.15, 0.2) is 0 Å². The number of benzene rings is 1. The fourth-order valence-corrected chi connectivity index (χ4v) is 2.91. The normalized spacial score (nSPS) is 16.6. The second-order valence-corrected chi connectivity index (χ2v) is 6.58. The van der Waals surface area contributed by atoms with Crippen molar-refractivity contribution in [2.45, 2.75) is 32.3 Å². The number of ether oxygens (including phenoxy) is 1. The van der Waals surface area contributed by atoms with E-state index < -0.39 is 5.60 Å². The van der Waals surface area contributed by atoms with E-state index in [4.69, 9.17) is 4.74 Å². The first kappa shape index (κ1) is 15.8. The van der Waals surface area contributed by atoms with Gasteiger partial charge in [-0.05, 0) is 32.0 Å². The Morgan fingerprint density at radius 1 is 1.29 bits per heavy atom. The lowest BCUT2D eigenvalue weighted by molar-refractivity contribution is -0.665. The minimum absolute atomic E-state index is 0.224. The molecule has 2 rings (SSSR count). The number of anilines is 1. The average molecular weight is 291 g/mol. The molecule has 1 aromatic rings. The molecule has 0 bridgehead atoms. The van der Waals surface area contributed by atoms with Crippen molar-refractivity contribution >= 4 is 11.7 Å². The van der Waals surface area contributed by atoms with E-state index in [2.05, 4.69) is 5.32 Å². The van der Waals surface area contributed by atoms with E-state index in [-0.39, 0.29) is 5.97 Å². The second kappa shape index (κ2) is 6.48. The molecule has 0 saturated carbocycles. The Morgan fingerprint density at radius 3 is 2.57 bits per heavy atom. The first-order chi connectivity index (χ1) is 9.90. The van der Waals surface area contributed by atoms with Gasteiger partial charge in [0.05, 0.1) is 18.7 Å². The molecule has 0 amide bonds. The Hall–Kier alpha value is -1.55. The molecule has 0 spiro atoms. The van der Waals surface area contributed by atoms with Crippen molar-refractivity contribution in [3.05, 3.63) is 29.8 Å². The number of carbonyl (C=O) groups is 1. The van der Waals surface area contributed by atoms with Gasteiger partial charge in [0.25, 0.3) is 0 Å². The number of hydrogen-bond donors (Lipinski definition) is 1. The lowest BCUT2D eigenvalue weighted by Gasteiger charge is -2.35. The number of nitrogens with zero attached hydrogens (tertiary/aromatic N) is 1. The van der Waals surface area contributed by atoms with Crippen LogP contribution in [0.4, 0.5) is 5.69 Å². The Balaban J connectivity index is 2.07. The largest absolute Gasteiger partial charge is 0.456 e. The number of quaternary nitrogens is 1. The lowest BCUT2D eigenvalue weighted by atomic mass is 9.83. The van der Waals surface area contributed by atoms with Gasteiger partial charge < -0.3 is 15.0 Å². The zero-order valence-electron chi connectivity index (χ0n) is 13.6. The molecule has 1 heterocycles. The summed E-state index contributed by atoms with van der Waals surface area (Å²) in [6.45, 7) is 6.33. The van der Waals surface area contributed by atoms with Crippen molar-refractivity contribution in [1.29, 1.82) is 0 Å². The summed E-state index contributed by atoms with van der Waals surface area (Å²) in [6.07, 6.45) is 2.22. The van der Waals surface area contributed by atoms with Crippen LogP contribution in [-0.4, -0.2) is 38.8 Å². The summed E-state index contributed by atoms with van der Waals surface area (Å²) in [5, 5.41) is 2.33. The minimum atomic E-state index is -0.403. The minimum Gasteiger partial charge on any atom is -0.456 e. The van der Waals surface area contributed by atoms with Gasteiger partial charge in [-0.3, -0.25) is 0 Å². The van der Waals surface area contributed by atoms with Crippen LogP contribution < -0.4 is 10.2 Å². The summed E-state index contributed by atoms with van der Waals surface area (Å²) in [5.74, 6) is 0.224. The number of nitrogens with two attached hydrogens (primary N) is 1. The van der Waals surface area contributed by atoms with Crippen molar-refractivity contribution < 1.29 is 14.8 Å². The van der Waals surface area contributed by atoms with E-state index >= 15 is 0 Å². The quantitative estimate of drug-likeness (QED) is 0.858. The van der Waals surface area contributed by atoms with E-state index in [1.807, 2.05) is 57.1 Å². The maximum Gasteiger partial charge on any atom is 0.338 e. The van der Waals surface area contributed by atoms with E-state index in [0.29, 0.717) is 11.5 Å². The Bertz CT molecular complexity index is 491. The second-order valence-electron chi connectivity index (χ2n) is 6.58. The third kappa shape index (κ3) is 3.97. The van der Waals surface area contributed by atoms with Gasteiger partial charge in [0.1, 0.15) is 5.60 Å². The highest BCUT2D eigenvalue weighted by Crippen LogP contribution is 2.29. The van der Waals surface area contributed by atoms with Crippen molar-refractivity contribution in [1.82, 2.24) is 0 Å². The van der Waals surface area contributed by atoms with Crippen LogP contribution in [0.1, 0.15) is 37.0 Å². The van der Waals surface area contributed by atoms with E-state index in [1.54, 1.807) is 0 Å². The van der Waals surface area contributed by atoms with E-state index in [9.17, 15) is 4.79 Å². The first-order valence-corrected chi connectivity index (χ1v) is 7.72. The van der Waals surface area contributed by atoms with Crippen LogP contribution in [0.25, 0.3) is 0 Å². The predicted molar refractivity (Wildman–Crippen MR) is 84.6 cm³/mol. The van der Waals surface area contributed by atoms with Gasteiger partial charge in [-0.2, -0.15) is 0 Å². The number of piperidine rings is 1. The third-order valence-electron chi connectivity index (χ3n) is 4.38. The smallest absolute Gasteiger partial charge is 0.338 e. The molecule has 0 aromatic heterocycles. The van der Waals surface area contributed by atoms with Gasteiger partial charge >= 0.3 is 5.97 Å². The summed E-state index contributed by atoms with van der Waals surface area (Å²) >= 11 is 0. The van der Waals surface area contributed by atoms with Crippen LogP contribution in [0.15, 0.2) is 24.3 Å². The number of rotatable bonds is 4. The molecule has 21 heavy (non-hydrogen) atoms. The molecular formula is C17H27N2O2+. The van der Waals surface area contributed by atoms with Gasteiger partial charge in [0, 0.05) is 38.5 Å². The standard InChI is InChI=1S/C17H26N2O2/c1-17(2,14-8-10-18-11-9-14)21-16(20)13-6-5-7-15(12-13)19(3)4/h5-7,12,14,18H,8-11H2,1-4H3/p+1. The van der Waals surface area contributed by atoms with E-state index in [1.165, 1.54) is 0 Å². The molecule has 1 saturated heterocycles. The van der Waals surface area contributed by atoms with Crippen molar-refractivity contribution in [2.24, 2.45) is 5.92 Å². The van der Waals surface area contributed by atoms with Gasteiger partial charge in [-0.25, -0.2) is 4.79 Å². The van der Waals surface area contributed by atoms with Gasteiger partial charge in [-0.15, -0.1) is 0 Å². The molecular weight excluding hydrogens is 264 g/mol. The van der Waals surface area contributed by atoms with E-state index in [0.717, 1.165) is 31.6 Å². The van der Waals surface area contributed by atoms with Crippen molar-refractivity contribution in [3.8, 4) is 0 Å². The van der Waals surface area contributed by atoms with Crippen LogP contribution >= 0.6 is 0 Å². The first-order valence-electron chi connectivity index (χ1n) is 7.72. The van der Waals surface area contributed by atoms with Crippen molar-refractivity contribution in [2.75, 3.05) is 32.1 Å². The summed E-state index contributed by atoms with van der Waals surface area (Å²) in [4.78, 5) is 14.4. The number of hydrogen-bond acceptors (Lipinski definition) is 3. The molecule has 1 aliphatic rings. The predicted octanol–water partition coefficient (Wildman–Crippen LogP) is 1.66. The van der Waals surface area contributed by atoms with Crippen LogP contribution in [0.3, 0.4) is 0 Å². The molecule has 4 nitrogen and oxygen atoms in total. The third-order valence-corrected chi connectivity index (χ3v) is 4.38. The van der Waals surface area contributed by atoms with Crippen molar-refractivity contribution in [3.63, 3.8) is 0 Å². The monoisotopic (exact) mass is 291 g/mol. The fraction of sp³-hybridized carbons (Fsp3) is 0.588. The Kier molecular flexibility index (Phi) is 4.88. The van der Waals surface area contributed by atoms with Gasteiger partial charge in [0.2, 0.25) is 0 Å². The molecule has 1 aromatic carbocycles. The van der Waals surface area contributed by atoms with Crippen LogP contribution in [0, 0.1) is 5.92 Å². The molecule has 1 aliphatic heterocycles. The molecule has 0 unspecified atom stereocenters. The summed E-state index contributed by atoms with van der Waals surface area (Å²) in [7, 11) is 3.93. The van der Waals surface area contributed by atoms with Gasteiger partial charge in [-0.1, -0.05) is 6.07 Å². The number of carbonyl (C=O) groups excluding carboxylic acids is 1. The average Bonchev–Trinajstić information content (AvgIpc) is 2.48. The number of esters is 1. The molecule has 0 radical (unpaired) electrons. The molecule has 4 heteroatoms. The zero-order valence-corrected chi connectivity index (χ0v) is 13.6. The topological polar surface area (TPSA) is 46.2 Å². The summed E-state index contributed by atoms with van der Waals surface area (Å²) in [5.41, 5.74) is 1.23. The molecule has 0 atom stereocenters. The van der Waals surface area contributed by atoms with Crippen LogP contribution in [0.5, 0.6) is 0 Å².